The van der Waals surface area contributed by atoms with Crippen molar-refractivity contribution in [3.05, 3.63) is 80.4 Å². The van der Waals surface area contributed by atoms with Crippen LogP contribution in [0.1, 0.15) is 29.6 Å². The predicted molar refractivity (Wildman–Crippen MR) is 125 cm³/mol. The second-order valence-corrected chi connectivity index (χ2v) is 8.72. The van der Waals surface area contributed by atoms with Gasteiger partial charge in [-0.05, 0) is 56.2 Å². The van der Waals surface area contributed by atoms with Crippen LogP contribution < -0.4 is 10.2 Å². The zero-order valence-corrected chi connectivity index (χ0v) is 19.2. The quantitative estimate of drug-likeness (QED) is 0.384. The van der Waals surface area contributed by atoms with Gasteiger partial charge in [-0.25, -0.2) is 0 Å². The fourth-order valence-electron chi connectivity index (χ4n) is 3.35. The topological polar surface area (TPSA) is 72.8 Å². The maximum absolute atomic E-state index is 12.4. The van der Waals surface area contributed by atoms with Crippen molar-refractivity contribution < 1.29 is 4.74 Å². The van der Waals surface area contributed by atoms with Crippen molar-refractivity contribution in [1.82, 2.24) is 19.7 Å². The molecule has 2 aromatic carbocycles. The molecule has 0 bridgehead atoms. The Bertz CT molecular complexity index is 1300. The summed E-state index contributed by atoms with van der Waals surface area (Å²) in [5.41, 5.74) is 3.78. The number of aromatic amines is 1. The molecule has 0 aliphatic rings. The van der Waals surface area contributed by atoms with E-state index >= 15 is 0 Å². The molecule has 31 heavy (non-hydrogen) atoms. The standard InChI is InChI=1S/C23H23ClN4O2S/c1-4-28-22(12-30-21-9-14(2)5-6-15(21)3)26-27-23(28)31-13-17-11-20(29)18-10-16(24)7-8-19(18)25-17/h5-11H,4,12-13H2,1-3H3,(H,25,29). The van der Waals surface area contributed by atoms with E-state index in [4.69, 9.17) is 16.3 Å². The molecule has 0 aliphatic carbocycles. The van der Waals surface area contributed by atoms with Crippen molar-refractivity contribution >= 4 is 34.3 Å². The highest BCUT2D eigenvalue weighted by Crippen LogP contribution is 2.24. The molecule has 4 aromatic rings. The number of fused-ring (bicyclic) bond motifs is 1. The molecule has 0 radical (unpaired) electrons. The van der Waals surface area contributed by atoms with Gasteiger partial charge in [-0.3, -0.25) is 4.79 Å². The van der Waals surface area contributed by atoms with E-state index < -0.39 is 0 Å². The fraction of sp³-hybridized carbons (Fsp3) is 0.261. The minimum absolute atomic E-state index is 0.0496. The lowest BCUT2D eigenvalue weighted by atomic mass is 10.1. The van der Waals surface area contributed by atoms with Crippen molar-refractivity contribution in [3.63, 3.8) is 0 Å². The van der Waals surface area contributed by atoms with Crippen LogP contribution in [0.4, 0.5) is 0 Å². The van der Waals surface area contributed by atoms with E-state index in [1.807, 2.05) is 30.5 Å². The highest BCUT2D eigenvalue weighted by molar-refractivity contribution is 7.98. The molecule has 160 valence electrons. The van der Waals surface area contributed by atoms with Gasteiger partial charge >= 0.3 is 0 Å². The fourth-order valence-corrected chi connectivity index (χ4v) is 4.45. The number of nitrogens with one attached hydrogen (secondary N) is 1. The van der Waals surface area contributed by atoms with Crippen molar-refractivity contribution in [2.45, 2.75) is 44.8 Å². The van der Waals surface area contributed by atoms with Crippen LogP contribution in [0.5, 0.6) is 5.75 Å². The van der Waals surface area contributed by atoms with Crippen molar-refractivity contribution in [1.29, 1.82) is 0 Å². The normalized spacial score (nSPS) is 11.2. The van der Waals surface area contributed by atoms with Crippen molar-refractivity contribution in [3.8, 4) is 5.75 Å². The Balaban J connectivity index is 1.49. The lowest BCUT2D eigenvalue weighted by Crippen LogP contribution is -2.08. The lowest BCUT2D eigenvalue weighted by molar-refractivity contribution is 0.286. The number of benzene rings is 2. The molecule has 4 rings (SSSR count). The van der Waals surface area contributed by atoms with Crippen LogP contribution in [0.25, 0.3) is 10.9 Å². The molecular weight excluding hydrogens is 432 g/mol. The second-order valence-electron chi connectivity index (χ2n) is 7.34. The van der Waals surface area contributed by atoms with Gasteiger partial charge in [0.15, 0.2) is 16.4 Å². The van der Waals surface area contributed by atoms with E-state index in [0.717, 1.165) is 45.6 Å². The molecule has 2 aromatic heterocycles. The molecule has 0 unspecified atom stereocenters. The predicted octanol–water partition coefficient (Wildman–Crippen LogP) is 5.28. The summed E-state index contributed by atoms with van der Waals surface area (Å²) < 4.78 is 8.04. The monoisotopic (exact) mass is 454 g/mol. The molecule has 0 saturated heterocycles. The molecule has 8 heteroatoms. The van der Waals surface area contributed by atoms with Gasteiger partial charge in [-0.2, -0.15) is 0 Å². The number of nitrogens with zero attached hydrogens (tertiary/aromatic N) is 3. The molecule has 0 saturated carbocycles. The van der Waals surface area contributed by atoms with Gasteiger partial charge in [-0.15, -0.1) is 10.2 Å². The lowest BCUT2D eigenvalue weighted by Gasteiger charge is -2.11. The smallest absolute Gasteiger partial charge is 0.191 e. The van der Waals surface area contributed by atoms with Gasteiger partial charge in [0.25, 0.3) is 0 Å². The van der Waals surface area contributed by atoms with Crippen LogP contribution in [0.15, 0.2) is 52.4 Å². The Morgan fingerprint density at radius 1 is 1.13 bits per heavy atom. The van der Waals surface area contributed by atoms with Gasteiger partial charge < -0.3 is 14.3 Å². The molecule has 6 nitrogen and oxygen atoms in total. The Morgan fingerprint density at radius 2 is 1.97 bits per heavy atom. The summed E-state index contributed by atoms with van der Waals surface area (Å²) in [6.07, 6.45) is 0. The third-order valence-electron chi connectivity index (χ3n) is 5.01. The van der Waals surface area contributed by atoms with Gasteiger partial charge in [-0.1, -0.05) is 35.5 Å². The molecule has 0 amide bonds. The Labute approximate surface area is 189 Å². The number of thioether (sulfide) groups is 1. The minimum atomic E-state index is -0.0496. The summed E-state index contributed by atoms with van der Waals surface area (Å²) in [5, 5.41) is 10.6. The average molecular weight is 455 g/mol. The molecular formula is C23H23ClN4O2S. The zero-order chi connectivity index (χ0) is 22.0. The number of rotatable bonds is 7. The summed E-state index contributed by atoms with van der Waals surface area (Å²) in [6.45, 7) is 7.20. The van der Waals surface area contributed by atoms with Gasteiger partial charge in [0.1, 0.15) is 12.4 Å². The molecule has 2 heterocycles. The van der Waals surface area contributed by atoms with E-state index in [1.54, 1.807) is 18.2 Å². The Hall–Kier alpha value is -2.77. The second kappa shape index (κ2) is 9.16. The number of aryl methyl sites for hydroxylation is 2. The first kappa shape index (κ1) is 21.5. The van der Waals surface area contributed by atoms with Gasteiger partial charge in [0.05, 0.1) is 0 Å². The van der Waals surface area contributed by atoms with E-state index in [9.17, 15) is 4.79 Å². The first-order valence-electron chi connectivity index (χ1n) is 10.0. The highest BCUT2D eigenvalue weighted by Gasteiger charge is 2.13. The number of halogens is 1. The SMILES string of the molecule is CCn1c(COc2cc(C)ccc2C)nnc1SCc1cc(=O)c2cc(Cl)ccc2[nH]1. The van der Waals surface area contributed by atoms with Crippen LogP contribution >= 0.6 is 23.4 Å². The van der Waals surface area contributed by atoms with Crippen LogP contribution in [0, 0.1) is 13.8 Å². The third-order valence-corrected chi connectivity index (χ3v) is 6.27. The summed E-state index contributed by atoms with van der Waals surface area (Å²) in [7, 11) is 0. The number of hydrogen-bond donors (Lipinski definition) is 1. The first-order valence-corrected chi connectivity index (χ1v) is 11.4. The van der Waals surface area contributed by atoms with Crippen LogP contribution in [-0.2, 0) is 18.9 Å². The average Bonchev–Trinajstić information content (AvgIpc) is 3.15. The maximum Gasteiger partial charge on any atom is 0.191 e. The van der Waals surface area contributed by atoms with E-state index in [1.165, 1.54) is 11.8 Å². The Morgan fingerprint density at radius 3 is 2.77 bits per heavy atom. The number of hydrogen-bond acceptors (Lipinski definition) is 5. The summed E-state index contributed by atoms with van der Waals surface area (Å²) >= 11 is 7.53. The molecule has 0 aliphatic heterocycles. The first-order chi connectivity index (χ1) is 14.9. The van der Waals surface area contributed by atoms with Crippen LogP contribution in [-0.4, -0.2) is 19.7 Å². The van der Waals surface area contributed by atoms with E-state index in [-0.39, 0.29) is 5.43 Å². The molecule has 0 spiro atoms. The van der Waals surface area contributed by atoms with Gasteiger partial charge in [0.2, 0.25) is 0 Å². The molecule has 0 fully saturated rings. The number of ether oxygens (including phenoxy) is 1. The third kappa shape index (κ3) is 4.78. The van der Waals surface area contributed by atoms with Crippen molar-refractivity contribution in [2.75, 3.05) is 0 Å². The Kier molecular flexibility index (Phi) is 6.34. The van der Waals surface area contributed by atoms with Crippen LogP contribution in [0.2, 0.25) is 5.02 Å². The summed E-state index contributed by atoms with van der Waals surface area (Å²) in [5.74, 6) is 2.20. The van der Waals surface area contributed by atoms with Crippen LogP contribution in [0.3, 0.4) is 0 Å². The number of pyridine rings is 1. The van der Waals surface area contributed by atoms with E-state index in [2.05, 4.69) is 34.2 Å². The summed E-state index contributed by atoms with van der Waals surface area (Å²) in [6, 6.07) is 13.0. The maximum atomic E-state index is 12.4. The number of aromatic nitrogens is 4. The zero-order valence-electron chi connectivity index (χ0n) is 17.6. The van der Waals surface area contributed by atoms with Crippen molar-refractivity contribution in [2.24, 2.45) is 0 Å². The summed E-state index contributed by atoms with van der Waals surface area (Å²) in [4.78, 5) is 15.7. The van der Waals surface area contributed by atoms with Gasteiger partial charge in [0, 0.05) is 40.0 Å². The molecule has 1 N–H and O–H groups in total. The highest BCUT2D eigenvalue weighted by atomic mass is 35.5. The largest absolute Gasteiger partial charge is 0.485 e. The number of H-pyrrole nitrogens is 1. The molecule has 0 atom stereocenters. The van der Waals surface area contributed by atoms with E-state index in [0.29, 0.717) is 22.8 Å². The minimum Gasteiger partial charge on any atom is -0.485 e.